The smallest absolute Gasteiger partial charge is 0.0331 e. The van der Waals surface area contributed by atoms with Gasteiger partial charge in [-0.2, -0.15) is 0 Å². The highest BCUT2D eigenvalue weighted by Gasteiger charge is 2.03. The Kier molecular flexibility index (Phi) is 4.54. The molecule has 0 bridgehead atoms. The molecule has 17 heavy (non-hydrogen) atoms. The van der Waals surface area contributed by atoms with E-state index in [4.69, 9.17) is 5.73 Å². The second kappa shape index (κ2) is 5.94. The summed E-state index contributed by atoms with van der Waals surface area (Å²) in [5.74, 6) is 1.02. The molecule has 0 aliphatic carbocycles. The van der Waals surface area contributed by atoms with E-state index in [9.17, 15) is 0 Å². The first kappa shape index (κ1) is 13.0. The lowest BCUT2D eigenvalue weighted by molar-refractivity contribution is 1.19. The van der Waals surface area contributed by atoms with Gasteiger partial charge in [0, 0.05) is 30.6 Å². The van der Waals surface area contributed by atoms with E-state index in [0.29, 0.717) is 0 Å². The van der Waals surface area contributed by atoms with Gasteiger partial charge in [0.1, 0.15) is 0 Å². The summed E-state index contributed by atoms with van der Waals surface area (Å²) in [7, 11) is 0. The number of anilines is 1. The lowest BCUT2D eigenvalue weighted by atomic mass is 10.3. The molecule has 2 N–H and O–H groups in total. The van der Waals surface area contributed by atoms with Crippen molar-refractivity contribution in [3.8, 4) is 0 Å². The lowest BCUT2D eigenvalue weighted by Crippen LogP contribution is -1.85. The van der Waals surface area contributed by atoms with Gasteiger partial charge in [-0.05, 0) is 52.7 Å². The van der Waals surface area contributed by atoms with E-state index in [2.05, 4.69) is 41.1 Å². The van der Waals surface area contributed by atoms with Crippen LogP contribution in [0.4, 0.5) is 5.69 Å². The summed E-state index contributed by atoms with van der Waals surface area (Å²) >= 11 is 7.28. The maximum absolute atomic E-state index is 5.72. The molecule has 0 radical (unpaired) electrons. The third-order valence-corrected chi connectivity index (χ3v) is 5.84. The molecular formula is C13H14BrNS2. The quantitative estimate of drug-likeness (QED) is 0.635. The Morgan fingerprint density at radius 2 is 2.00 bits per heavy atom. The Labute approximate surface area is 119 Å². The van der Waals surface area contributed by atoms with Crippen LogP contribution >= 0.6 is 39.0 Å². The molecule has 1 nitrogen and oxygen atoms in total. The summed E-state index contributed by atoms with van der Waals surface area (Å²) in [6, 6.07) is 10.4. The van der Waals surface area contributed by atoms with Crippen LogP contribution in [0.5, 0.6) is 0 Å². The second-order valence-corrected chi connectivity index (χ2v) is 6.82. The molecule has 0 aliphatic heterocycles. The standard InChI is InChI=1S/C13H14BrNS2/c1-2-10-4-5-11(17-10)8-16-13-6-3-9(15)7-12(13)14/h3-7H,2,8,15H2,1H3. The van der Waals surface area contributed by atoms with Crippen molar-refractivity contribution in [1.29, 1.82) is 0 Å². The maximum atomic E-state index is 5.72. The van der Waals surface area contributed by atoms with Crippen LogP contribution in [0.1, 0.15) is 16.7 Å². The molecule has 0 spiro atoms. The van der Waals surface area contributed by atoms with Crippen LogP contribution in [-0.2, 0) is 12.2 Å². The van der Waals surface area contributed by atoms with Crippen molar-refractivity contribution in [1.82, 2.24) is 0 Å². The number of nitrogen functional groups attached to an aromatic ring is 1. The molecule has 0 aliphatic rings. The maximum Gasteiger partial charge on any atom is 0.0331 e. The Morgan fingerprint density at radius 1 is 1.24 bits per heavy atom. The van der Waals surface area contributed by atoms with Crippen molar-refractivity contribution in [2.45, 2.75) is 24.0 Å². The minimum Gasteiger partial charge on any atom is -0.399 e. The lowest BCUT2D eigenvalue weighted by Gasteiger charge is -2.04. The zero-order valence-corrected chi connectivity index (χ0v) is 12.8. The summed E-state index contributed by atoms with van der Waals surface area (Å²) in [4.78, 5) is 4.12. The molecule has 0 atom stereocenters. The van der Waals surface area contributed by atoms with Gasteiger partial charge in [0.05, 0.1) is 0 Å². The molecular weight excluding hydrogens is 314 g/mol. The average Bonchev–Trinajstić information content (AvgIpc) is 2.76. The molecule has 1 aromatic carbocycles. The fourth-order valence-electron chi connectivity index (χ4n) is 1.47. The molecule has 4 heteroatoms. The van der Waals surface area contributed by atoms with E-state index in [0.717, 1.165) is 22.3 Å². The number of nitrogens with two attached hydrogens (primary N) is 1. The average molecular weight is 328 g/mol. The topological polar surface area (TPSA) is 26.0 Å². The highest BCUT2D eigenvalue weighted by Crippen LogP contribution is 2.33. The Hall–Kier alpha value is -0.450. The number of halogens is 1. The van der Waals surface area contributed by atoms with Crippen molar-refractivity contribution in [3.05, 3.63) is 44.6 Å². The first-order chi connectivity index (χ1) is 8.19. The molecule has 2 aromatic rings. The molecule has 1 aromatic heterocycles. The van der Waals surface area contributed by atoms with Crippen molar-refractivity contribution in [3.63, 3.8) is 0 Å². The molecule has 1 heterocycles. The number of rotatable bonds is 4. The van der Waals surface area contributed by atoms with Crippen molar-refractivity contribution in [2.24, 2.45) is 0 Å². The van der Waals surface area contributed by atoms with Crippen LogP contribution in [-0.4, -0.2) is 0 Å². The SMILES string of the molecule is CCc1ccc(CSc2ccc(N)cc2Br)s1. The van der Waals surface area contributed by atoms with Gasteiger partial charge in [-0.25, -0.2) is 0 Å². The molecule has 0 fully saturated rings. The van der Waals surface area contributed by atoms with Gasteiger partial charge >= 0.3 is 0 Å². The van der Waals surface area contributed by atoms with Crippen molar-refractivity contribution >= 4 is 44.7 Å². The van der Waals surface area contributed by atoms with E-state index in [-0.39, 0.29) is 0 Å². The number of aryl methyl sites for hydroxylation is 1. The van der Waals surface area contributed by atoms with Gasteiger partial charge in [0.15, 0.2) is 0 Å². The number of thioether (sulfide) groups is 1. The van der Waals surface area contributed by atoms with Gasteiger partial charge < -0.3 is 5.73 Å². The van der Waals surface area contributed by atoms with Crippen LogP contribution in [0.2, 0.25) is 0 Å². The van der Waals surface area contributed by atoms with Crippen LogP contribution in [0.15, 0.2) is 39.7 Å². The number of hydrogen-bond acceptors (Lipinski definition) is 3. The summed E-state index contributed by atoms with van der Waals surface area (Å²) in [6.45, 7) is 2.19. The third kappa shape index (κ3) is 3.50. The van der Waals surface area contributed by atoms with E-state index >= 15 is 0 Å². The first-order valence-corrected chi connectivity index (χ1v) is 8.04. The second-order valence-electron chi connectivity index (χ2n) is 3.70. The van der Waals surface area contributed by atoms with Gasteiger partial charge in [0.2, 0.25) is 0 Å². The fourth-order valence-corrected chi connectivity index (χ4v) is 4.13. The largest absolute Gasteiger partial charge is 0.399 e. The Balaban J connectivity index is 2.02. The number of benzene rings is 1. The number of hydrogen-bond donors (Lipinski definition) is 1. The normalized spacial score (nSPS) is 10.7. The molecule has 0 saturated heterocycles. The van der Waals surface area contributed by atoms with E-state index in [1.165, 1.54) is 14.6 Å². The third-order valence-electron chi connectivity index (χ3n) is 2.39. The van der Waals surface area contributed by atoms with Crippen molar-refractivity contribution in [2.75, 3.05) is 5.73 Å². The van der Waals surface area contributed by atoms with E-state index in [1.807, 2.05) is 35.2 Å². The first-order valence-electron chi connectivity index (χ1n) is 5.44. The molecule has 2 rings (SSSR count). The zero-order valence-electron chi connectivity index (χ0n) is 9.57. The predicted octanol–water partition coefficient (Wildman–Crippen LogP) is 4.95. The molecule has 0 saturated carbocycles. The monoisotopic (exact) mass is 327 g/mol. The Bertz CT molecular complexity index is 508. The van der Waals surface area contributed by atoms with Crippen LogP contribution < -0.4 is 5.73 Å². The van der Waals surface area contributed by atoms with Crippen LogP contribution in [0, 0.1) is 0 Å². The summed E-state index contributed by atoms with van der Waals surface area (Å²) in [5, 5.41) is 0. The van der Waals surface area contributed by atoms with Gasteiger partial charge in [0.25, 0.3) is 0 Å². The van der Waals surface area contributed by atoms with Crippen molar-refractivity contribution < 1.29 is 0 Å². The highest BCUT2D eigenvalue weighted by atomic mass is 79.9. The molecule has 90 valence electrons. The van der Waals surface area contributed by atoms with Gasteiger partial charge in [-0.15, -0.1) is 23.1 Å². The minimum atomic E-state index is 0.797. The highest BCUT2D eigenvalue weighted by molar-refractivity contribution is 9.10. The summed E-state index contributed by atoms with van der Waals surface area (Å²) in [5.41, 5.74) is 6.52. The molecule has 0 unspecified atom stereocenters. The van der Waals surface area contributed by atoms with Crippen LogP contribution in [0.25, 0.3) is 0 Å². The van der Waals surface area contributed by atoms with Crippen LogP contribution in [0.3, 0.4) is 0 Å². The Morgan fingerprint density at radius 3 is 2.65 bits per heavy atom. The number of thiophene rings is 1. The summed E-state index contributed by atoms with van der Waals surface area (Å²) < 4.78 is 1.08. The van der Waals surface area contributed by atoms with Gasteiger partial charge in [-0.3, -0.25) is 0 Å². The minimum absolute atomic E-state index is 0.797. The summed E-state index contributed by atoms with van der Waals surface area (Å²) in [6.07, 6.45) is 1.13. The van der Waals surface area contributed by atoms with E-state index in [1.54, 1.807) is 0 Å². The van der Waals surface area contributed by atoms with Gasteiger partial charge in [-0.1, -0.05) is 6.92 Å². The fraction of sp³-hybridized carbons (Fsp3) is 0.231. The predicted molar refractivity (Wildman–Crippen MR) is 81.8 cm³/mol. The zero-order chi connectivity index (χ0) is 12.3. The molecule has 0 amide bonds. The van der Waals surface area contributed by atoms with E-state index < -0.39 is 0 Å².